The molecule has 0 aliphatic heterocycles. The molecule has 5 heteroatoms. The topological polar surface area (TPSA) is 84.1 Å². The number of aliphatic hydroxyl groups is 1. The van der Waals surface area contributed by atoms with Gasteiger partial charge in [0.1, 0.15) is 5.82 Å². The Morgan fingerprint density at radius 3 is 2.87 bits per heavy atom. The molecule has 0 spiro atoms. The maximum Gasteiger partial charge on any atom is 0.225 e. The molecule has 4 N–H and O–H groups in total. The number of aliphatic hydroxyl groups excluding tert-OH is 1. The zero-order valence-electron chi connectivity index (χ0n) is 9.20. The summed E-state index contributed by atoms with van der Waals surface area (Å²) in [6.07, 6.45) is 3.15. The molecule has 0 amide bonds. The van der Waals surface area contributed by atoms with Gasteiger partial charge >= 0.3 is 0 Å². The molecule has 1 rings (SSSR count). The molecule has 0 aromatic carbocycles. The highest BCUT2D eigenvalue weighted by Crippen LogP contribution is 2.19. The number of nitrogens with two attached hydrogens (primary N) is 1. The average Bonchev–Trinajstić information content (AvgIpc) is 2.18. The summed E-state index contributed by atoms with van der Waals surface area (Å²) in [5, 5.41) is 12.1. The predicted molar refractivity (Wildman–Crippen MR) is 60.5 cm³/mol. The van der Waals surface area contributed by atoms with E-state index < -0.39 is 0 Å². The van der Waals surface area contributed by atoms with E-state index in [4.69, 9.17) is 10.8 Å². The van der Waals surface area contributed by atoms with Crippen LogP contribution in [0.5, 0.6) is 0 Å². The standard InChI is InChI=1S/C10H18N4O/c1-3-10(2,5-7-15)14-9-12-6-4-8(11)13-9/h4,6,15H,3,5,7H2,1-2H3,(H3,11,12,13,14). The van der Waals surface area contributed by atoms with Gasteiger partial charge in [0, 0.05) is 18.3 Å². The molecule has 5 nitrogen and oxygen atoms in total. The minimum absolute atomic E-state index is 0.139. The number of nitrogens with zero attached hydrogens (tertiary/aromatic N) is 2. The first-order valence-electron chi connectivity index (χ1n) is 5.07. The average molecular weight is 210 g/mol. The van der Waals surface area contributed by atoms with Crippen molar-refractivity contribution >= 4 is 11.8 Å². The summed E-state index contributed by atoms with van der Waals surface area (Å²) in [6, 6.07) is 1.64. The SMILES string of the molecule is CCC(C)(CCO)Nc1nccc(N)n1. The number of rotatable bonds is 5. The third-order valence-electron chi connectivity index (χ3n) is 2.53. The van der Waals surface area contributed by atoms with Gasteiger partial charge in [0.15, 0.2) is 0 Å². The van der Waals surface area contributed by atoms with Crippen molar-refractivity contribution in [2.75, 3.05) is 17.7 Å². The minimum Gasteiger partial charge on any atom is -0.396 e. The fourth-order valence-electron chi connectivity index (χ4n) is 1.28. The van der Waals surface area contributed by atoms with Crippen molar-refractivity contribution in [3.63, 3.8) is 0 Å². The molecule has 1 aromatic rings. The molecule has 1 unspecified atom stereocenters. The van der Waals surface area contributed by atoms with E-state index in [9.17, 15) is 0 Å². The molecule has 0 saturated heterocycles. The van der Waals surface area contributed by atoms with Crippen LogP contribution in [0.4, 0.5) is 11.8 Å². The second-order valence-corrected chi connectivity index (χ2v) is 3.82. The fourth-order valence-corrected chi connectivity index (χ4v) is 1.28. The van der Waals surface area contributed by atoms with Crippen LogP contribution in [-0.4, -0.2) is 27.2 Å². The number of hydrogen-bond acceptors (Lipinski definition) is 5. The Labute approximate surface area is 89.7 Å². The second kappa shape index (κ2) is 4.93. The first-order chi connectivity index (χ1) is 7.09. The lowest BCUT2D eigenvalue weighted by molar-refractivity contribution is 0.251. The van der Waals surface area contributed by atoms with Gasteiger partial charge in [0.05, 0.1) is 0 Å². The lowest BCUT2D eigenvalue weighted by Crippen LogP contribution is -2.35. The summed E-state index contributed by atoms with van der Waals surface area (Å²) in [5.41, 5.74) is 5.36. The van der Waals surface area contributed by atoms with Gasteiger partial charge in [-0.05, 0) is 25.8 Å². The summed E-state index contributed by atoms with van der Waals surface area (Å²) in [7, 11) is 0. The van der Waals surface area contributed by atoms with Gasteiger partial charge in [0.25, 0.3) is 0 Å². The summed E-state index contributed by atoms with van der Waals surface area (Å²) in [6.45, 7) is 4.21. The highest BCUT2D eigenvalue weighted by molar-refractivity contribution is 5.36. The molecule has 1 atom stereocenters. The van der Waals surface area contributed by atoms with E-state index in [2.05, 4.69) is 22.2 Å². The van der Waals surface area contributed by atoms with Crippen molar-refractivity contribution < 1.29 is 5.11 Å². The summed E-state index contributed by atoms with van der Waals surface area (Å²) < 4.78 is 0. The highest BCUT2D eigenvalue weighted by atomic mass is 16.3. The second-order valence-electron chi connectivity index (χ2n) is 3.82. The van der Waals surface area contributed by atoms with Crippen molar-refractivity contribution in [1.82, 2.24) is 9.97 Å². The van der Waals surface area contributed by atoms with Crippen LogP contribution in [0.15, 0.2) is 12.3 Å². The van der Waals surface area contributed by atoms with E-state index in [1.54, 1.807) is 12.3 Å². The molecule has 0 fully saturated rings. The van der Waals surface area contributed by atoms with Crippen LogP contribution in [0.3, 0.4) is 0 Å². The molecule has 1 aromatic heterocycles. The molecular formula is C10H18N4O. The Morgan fingerprint density at radius 1 is 1.60 bits per heavy atom. The maximum absolute atomic E-state index is 8.96. The molecule has 0 bridgehead atoms. The summed E-state index contributed by atoms with van der Waals surface area (Å²) in [4.78, 5) is 8.13. The fraction of sp³-hybridized carbons (Fsp3) is 0.600. The van der Waals surface area contributed by atoms with Gasteiger partial charge in [-0.2, -0.15) is 4.98 Å². The van der Waals surface area contributed by atoms with Crippen LogP contribution < -0.4 is 11.1 Å². The molecule has 0 saturated carbocycles. The smallest absolute Gasteiger partial charge is 0.225 e. The lowest BCUT2D eigenvalue weighted by Gasteiger charge is -2.28. The zero-order chi connectivity index (χ0) is 11.3. The molecule has 1 heterocycles. The predicted octanol–water partition coefficient (Wildman–Crippen LogP) is 1.02. The monoisotopic (exact) mass is 210 g/mol. The Morgan fingerprint density at radius 2 is 2.33 bits per heavy atom. The van der Waals surface area contributed by atoms with Crippen molar-refractivity contribution in [3.8, 4) is 0 Å². The van der Waals surface area contributed by atoms with Crippen molar-refractivity contribution in [3.05, 3.63) is 12.3 Å². The third kappa shape index (κ3) is 3.36. The van der Waals surface area contributed by atoms with Crippen LogP contribution in [0.1, 0.15) is 26.7 Å². The van der Waals surface area contributed by atoms with E-state index >= 15 is 0 Å². The van der Waals surface area contributed by atoms with E-state index in [1.807, 2.05) is 6.92 Å². The molecule has 0 radical (unpaired) electrons. The molecule has 0 aliphatic rings. The normalized spacial score (nSPS) is 14.6. The Kier molecular flexibility index (Phi) is 3.85. The minimum atomic E-state index is -0.192. The van der Waals surface area contributed by atoms with E-state index in [0.717, 1.165) is 6.42 Å². The number of nitrogens with one attached hydrogen (secondary N) is 1. The van der Waals surface area contributed by atoms with Gasteiger partial charge in [-0.3, -0.25) is 0 Å². The first kappa shape index (κ1) is 11.7. The first-order valence-corrected chi connectivity index (χ1v) is 5.07. The molecule has 15 heavy (non-hydrogen) atoms. The van der Waals surface area contributed by atoms with Crippen molar-refractivity contribution in [1.29, 1.82) is 0 Å². The van der Waals surface area contributed by atoms with Crippen LogP contribution in [0.2, 0.25) is 0 Å². The Balaban J connectivity index is 2.74. The van der Waals surface area contributed by atoms with E-state index in [0.29, 0.717) is 18.2 Å². The summed E-state index contributed by atoms with van der Waals surface area (Å²) in [5.74, 6) is 0.947. The quantitative estimate of drug-likeness (QED) is 0.675. The maximum atomic E-state index is 8.96. The lowest BCUT2D eigenvalue weighted by atomic mass is 9.95. The Bertz CT molecular complexity index is 318. The number of nitrogen functional groups attached to an aromatic ring is 1. The van der Waals surface area contributed by atoms with Gasteiger partial charge in [-0.1, -0.05) is 6.92 Å². The Hall–Kier alpha value is -1.36. The molecule has 84 valence electrons. The van der Waals surface area contributed by atoms with Crippen LogP contribution in [-0.2, 0) is 0 Å². The summed E-state index contributed by atoms with van der Waals surface area (Å²) >= 11 is 0. The zero-order valence-corrected chi connectivity index (χ0v) is 9.20. The van der Waals surface area contributed by atoms with E-state index in [1.165, 1.54) is 0 Å². The molecule has 0 aliphatic carbocycles. The van der Waals surface area contributed by atoms with Crippen LogP contribution >= 0.6 is 0 Å². The largest absolute Gasteiger partial charge is 0.396 e. The van der Waals surface area contributed by atoms with E-state index in [-0.39, 0.29) is 12.1 Å². The number of hydrogen-bond donors (Lipinski definition) is 3. The van der Waals surface area contributed by atoms with Crippen molar-refractivity contribution in [2.45, 2.75) is 32.2 Å². The van der Waals surface area contributed by atoms with Gasteiger partial charge in [0.2, 0.25) is 5.95 Å². The van der Waals surface area contributed by atoms with Gasteiger partial charge in [-0.15, -0.1) is 0 Å². The number of aromatic nitrogens is 2. The van der Waals surface area contributed by atoms with Crippen LogP contribution in [0.25, 0.3) is 0 Å². The third-order valence-corrected chi connectivity index (χ3v) is 2.53. The van der Waals surface area contributed by atoms with Crippen LogP contribution in [0, 0.1) is 0 Å². The van der Waals surface area contributed by atoms with Gasteiger partial charge < -0.3 is 16.2 Å². The van der Waals surface area contributed by atoms with Gasteiger partial charge in [-0.25, -0.2) is 4.98 Å². The molecular weight excluding hydrogens is 192 g/mol. The highest BCUT2D eigenvalue weighted by Gasteiger charge is 2.21. The van der Waals surface area contributed by atoms with Crippen molar-refractivity contribution in [2.24, 2.45) is 0 Å². The number of anilines is 2.